The number of hydrogen-bond acceptors (Lipinski definition) is 4. The van der Waals surface area contributed by atoms with Gasteiger partial charge in [-0.05, 0) is 51.1 Å². The Bertz CT molecular complexity index is 453. The highest BCUT2D eigenvalue weighted by Crippen LogP contribution is 2.28. The standard InChI is InChI=1S/C15H21NO3/c1-11(16-8-4-5-9-16)15(17)12-6-7-13(18-2)14(10-12)19-3/h6-7,10-11H,4-5,8-9H2,1-3H3/t11-/m0/s1. The number of methoxy groups -OCH3 is 2. The summed E-state index contributed by atoms with van der Waals surface area (Å²) in [5, 5.41) is 0. The maximum atomic E-state index is 12.5. The van der Waals surface area contributed by atoms with Gasteiger partial charge in [0, 0.05) is 5.56 Å². The number of ether oxygens (including phenoxy) is 2. The SMILES string of the molecule is COc1ccc(C(=O)[C@H](C)N2CCCC2)cc1OC. The first-order valence-electron chi connectivity index (χ1n) is 6.67. The van der Waals surface area contributed by atoms with Crippen molar-refractivity contribution in [2.75, 3.05) is 27.3 Å². The van der Waals surface area contributed by atoms with Crippen LogP contribution in [0.5, 0.6) is 11.5 Å². The van der Waals surface area contributed by atoms with Crippen LogP contribution in [0.1, 0.15) is 30.1 Å². The minimum Gasteiger partial charge on any atom is -0.493 e. The van der Waals surface area contributed by atoms with Crippen molar-refractivity contribution in [2.45, 2.75) is 25.8 Å². The van der Waals surface area contributed by atoms with Crippen LogP contribution in [0.15, 0.2) is 18.2 Å². The molecule has 1 aromatic carbocycles. The summed E-state index contributed by atoms with van der Waals surface area (Å²) in [5.74, 6) is 1.39. The molecule has 0 radical (unpaired) electrons. The van der Waals surface area contributed by atoms with E-state index in [1.807, 2.05) is 6.92 Å². The molecular formula is C15H21NO3. The monoisotopic (exact) mass is 263 g/mol. The van der Waals surface area contributed by atoms with Crippen LogP contribution in [-0.4, -0.2) is 44.0 Å². The number of carbonyl (C=O) groups is 1. The van der Waals surface area contributed by atoms with Gasteiger partial charge >= 0.3 is 0 Å². The lowest BCUT2D eigenvalue weighted by Crippen LogP contribution is -2.36. The molecule has 0 aromatic heterocycles. The van der Waals surface area contributed by atoms with Gasteiger partial charge in [-0.15, -0.1) is 0 Å². The molecular weight excluding hydrogens is 242 g/mol. The molecule has 0 aliphatic carbocycles. The van der Waals surface area contributed by atoms with E-state index in [2.05, 4.69) is 4.90 Å². The number of rotatable bonds is 5. The third-order valence-corrected chi connectivity index (χ3v) is 3.74. The van der Waals surface area contributed by atoms with Crippen LogP contribution >= 0.6 is 0 Å². The van der Waals surface area contributed by atoms with E-state index in [0.717, 1.165) is 13.1 Å². The zero-order chi connectivity index (χ0) is 13.8. The predicted molar refractivity (Wildman–Crippen MR) is 74.1 cm³/mol. The second-order valence-electron chi connectivity index (χ2n) is 4.85. The Morgan fingerprint density at radius 1 is 1.16 bits per heavy atom. The maximum absolute atomic E-state index is 12.5. The van der Waals surface area contributed by atoms with Crippen molar-refractivity contribution in [3.63, 3.8) is 0 Å². The van der Waals surface area contributed by atoms with Gasteiger partial charge in [-0.3, -0.25) is 9.69 Å². The minimum atomic E-state index is -0.0689. The number of benzene rings is 1. The van der Waals surface area contributed by atoms with Crippen LogP contribution in [0, 0.1) is 0 Å². The molecule has 1 fully saturated rings. The largest absolute Gasteiger partial charge is 0.493 e. The molecule has 104 valence electrons. The van der Waals surface area contributed by atoms with Crippen LogP contribution in [-0.2, 0) is 0 Å². The van der Waals surface area contributed by atoms with Crippen LogP contribution < -0.4 is 9.47 Å². The average Bonchev–Trinajstić information content (AvgIpc) is 2.99. The van der Waals surface area contributed by atoms with E-state index in [1.54, 1.807) is 32.4 Å². The fraction of sp³-hybridized carbons (Fsp3) is 0.533. The second-order valence-corrected chi connectivity index (χ2v) is 4.85. The first kappa shape index (κ1) is 13.9. The lowest BCUT2D eigenvalue weighted by atomic mass is 10.0. The Balaban J connectivity index is 2.18. The van der Waals surface area contributed by atoms with E-state index in [-0.39, 0.29) is 11.8 Å². The van der Waals surface area contributed by atoms with Gasteiger partial charge in [0.25, 0.3) is 0 Å². The van der Waals surface area contributed by atoms with Crippen LogP contribution in [0.3, 0.4) is 0 Å². The summed E-state index contributed by atoms with van der Waals surface area (Å²) in [6, 6.07) is 5.27. The van der Waals surface area contributed by atoms with Gasteiger partial charge in [0.15, 0.2) is 17.3 Å². The fourth-order valence-electron chi connectivity index (χ4n) is 2.53. The number of nitrogens with zero attached hydrogens (tertiary/aromatic N) is 1. The molecule has 1 heterocycles. The number of likely N-dealkylation sites (tertiary alicyclic amines) is 1. The Morgan fingerprint density at radius 3 is 2.37 bits per heavy atom. The third-order valence-electron chi connectivity index (χ3n) is 3.74. The lowest BCUT2D eigenvalue weighted by Gasteiger charge is -2.22. The van der Waals surface area contributed by atoms with E-state index >= 15 is 0 Å². The summed E-state index contributed by atoms with van der Waals surface area (Å²) in [5.41, 5.74) is 0.678. The molecule has 1 aliphatic heterocycles. The molecule has 1 aliphatic rings. The molecule has 19 heavy (non-hydrogen) atoms. The molecule has 1 saturated heterocycles. The summed E-state index contributed by atoms with van der Waals surface area (Å²) >= 11 is 0. The van der Waals surface area contributed by atoms with Crippen molar-refractivity contribution in [1.82, 2.24) is 4.90 Å². The Kier molecular flexibility index (Phi) is 4.43. The molecule has 2 rings (SSSR count). The van der Waals surface area contributed by atoms with Crippen molar-refractivity contribution in [1.29, 1.82) is 0 Å². The number of Topliss-reactive ketones (excluding diaryl/α,β-unsaturated/α-hetero) is 1. The topological polar surface area (TPSA) is 38.8 Å². The molecule has 1 aromatic rings. The quantitative estimate of drug-likeness (QED) is 0.765. The summed E-state index contributed by atoms with van der Waals surface area (Å²) in [7, 11) is 3.17. The highest BCUT2D eigenvalue weighted by Gasteiger charge is 2.25. The fourth-order valence-corrected chi connectivity index (χ4v) is 2.53. The van der Waals surface area contributed by atoms with Crippen LogP contribution in [0.2, 0.25) is 0 Å². The molecule has 0 N–H and O–H groups in total. The van der Waals surface area contributed by atoms with E-state index in [1.165, 1.54) is 12.8 Å². The first-order valence-corrected chi connectivity index (χ1v) is 6.67. The van der Waals surface area contributed by atoms with E-state index in [9.17, 15) is 4.79 Å². The second kappa shape index (κ2) is 6.06. The summed E-state index contributed by atoms with van der Waals surface area (Å²) < 4.78 is 10.4. The first-order chi connectivity index (χ1) is 9.17. The van der Waals surface area contributed by atoms with E-state index < -0.39 is 0 Å². The minimum absolute atomic E-state index is 0.0689. The van der Waals surface area contributed by atoms with Gasteiger partial charge in [-0.1, -0.05) is 0 Å². The van der Waals surface area contributed by atoms with Gasteiger partial charge in [0.2, 0.25) is 0 Å². The van der Waals surface area contributed by atoms with Crippen LogP contribution in [0.25, 0.3) is 0 Å². The zero-order valence-electron chi connectivity index (χ0n) is 11.8. The number of ketones is 1. The summed E-state index contributed by atoms with van der Waals surface area (Å²) in [4.78, 5) is 14.7. The summed E-state index contributed by atoms with van der Waals surface area (Å²) in [6.07, 6.45) is 2.37. The molecule has 0 bridgehead atoms. The predicted octanol–water partition coefficient (Wildman–Crippen LogP) is 2.37. The van der Waals surface area contributed by atoms with Crippen molar-refractivity contribution >= 4 is 5.78 Å². The zero-order valence-corrected chi connectivity index (χ0v) is 11.8. The Hall–Kier alpha value is -1.55. The normalized spacial score (nSPS) is 17.2. The van der Waals surface area contributed by atoms with Crippen molar-refractivity contribution in [3.8, 4) is 11.5 Å². The highest BCUT2D eigenvalue weighted by molar-refractivity contribution is 6.00. The molecule has 1 atom stereocenters. The molecule has 0 saturated carbocycles. The van der Waals surface area contributed by atoms with Crippen LogP contribution in [0.4, 0.5) is 0 Å². The molecule has 4 heteroatoms. The van der Waals surface area contributed by atoms with Crippen molar-refractivity contribution in [3.05, 3.63) is 23.8 Å². The highest BCUT2D eigenvalue weighted by atomic mass is 16.5. The van der Waals surface area contributed by atoms with Gasteiger partial charge in [-0.2, -0.15) is 0 Å². The lowest BCUT2D eigenvalue weighted by molar-refractivity contribution is 0.0866. The van der Waals surface area contributed by atoms with E-state index in [0.29, 0.717) is 17.1 Å². The molecule has 0 amide bonds. The Labute approximate surface area is 114 Å². The smallest absolute Gasteiger partial charge is 0.179 e. The molecule has 0 unspecified atom stereocenters. The number of carbonyl (C=O) groups excluding carboxylic acids is 1. The third kappa shape index (κ3) is 2.89. The van der Waals surface area contributed by atoms with Gasteiger partial charge in [0.1, 0.15) is 0 Å². The van der Waals surface area contributed by atoms with Gasteiger partial charge in [0.05, 0.1) is 20.3 Å². The average molecular weight is 263 g/mol. The van der Waals surface area contributed by atoms with Crippen molar-refractivity contribution in [2.24, 2.45) is 0 Å². The molecule has 4 nitrogen and oxygen atoms in total. The van der Waals surface area contributed by atoms with Gasteiger partial charge in [-0.25, -0.2) is 0 Å². The van der Waals surface area contributed by atoms with Gasteiger partial charge < -0.3 is 9.47 Å². The summed E-state index contributed by atoms with van der Waals surface area (Å²) in [6.45, 7) is 4.00. The molecule has 0 spiro atoms. The maximum Gasteiger partial charge on any atom is 0.179 e. The number of hydrogen-bond donors (Lipinski definition) is 0. The van der Waals surface area contributed by atoms with Crippen molar-refractivity contribution < 1.29 is 14.3 Å². The van der Waals surface area contributed by atoms with E-state index in [4.69, 9.17) is 9.47 Å². The Morgan fingerprint density at radius 2 is 1.79 bits per heavy atom.